The summed E-state index contributed by atoms with van der Waals surface area (Å²) in [4.78, 5) is 3.36. The van der Waals surface area contributed by atoms with Gasteiger partial charge in [-0.25, -0.2) is 12.7 Å². The normalized spacial score (nSPS) is 11.5. The van der Waals surface area contributed by atoms with E-state index in [4.69, 9.17) is 16.6 Å². The van der Waals surface area contributed by atoms with Gasteiger partial charge in [0.05, 0.1) is 24.2 Å². The summed E-state index contributed by atoms with van der Waals surface area (Å²) >= 11 is 7.26. The van der Waals surface area contributed by atoms with Crippen molar-refractivity contribution in [2.24, 2.45) is 0 Å². The smallest absolute Gasteiger partial charge is 0.242 e. The van der Waals surface area contributed by atoms with Crippen LogP contribution in [-0.2, 0) is 23.1 Å². The van der Waals surface area contributed by atoms with Crippen molar-refractivity contribution in [3.8, 4) is 0 Å². The third-order valence-electron chi connectivity index (χ3n) is 4.00. The molecule has 2 aromatic heterocycles. The third-order valence-corrected chi connectivity index (χ3v) is 7.04. The SMILES string of the molecule is CN(C)S(=O)(=O)c1cccc(NC(=S)N(Cc2ccco2)Cc2cccs2)c1. The van der Waals surface area contributed by atoms with Crippen LogP contribution in [0.25, 0.3) is 0 Å². The second-order valence-corrected chi connectivity index (χ2v) is 9.83. The zero-order valence-electron chi connectivity index (χ0n) is 15.5. The number of furan rings is 1. The fourth-order valence-corrected chi connectivity index (χ4v) is 4.44. The average Bonchev–Trinajstić information content (AvgIpc) is 3.35. The molecule has 6 nitrogen and oxygen atoms in total. The summed E-state index contributed by atoms with van der Waals surface area (Å²) in [6.45, 7) is 1.13. The largest absolute Gasteiger partial charge is 0.467 e. The van der Waals surface area contributed by atoms with E-state index in [1.165, 1.54) is 23.3 Å². The molecule has 0 amide bonds. The Balaban J connectivity index is 1.79. The summed E-state index contributed by atoms with van der Waals surface area (Å²) in [5, 5.41) is 5.67. The molecular weight excluding hydrogens is 414 g/mol. The van der Waals surface area contributed by atoms with Crippen molar-refractivity contribution in [1.29, 1.82) is 0 Å². The summed E-state index contributed by atoms with van der Waals surface area (Å²) in [5.41, 5.74) is 0.614. The molecule has 0 spiro atoms. The standard InChI is InChI=1S/C19H21N3O3S3/c1-21(2)28(23,24)18-9-3-6-15(12-18)20-19(26)22(13-16-7-4-10-25-16)14-17-8-5-11-27-17/h3-12H,13-14H2,1-2H3,(H,20,26). The molecule has 3 aromatic rings. The highest BCUT2D eigenvalue weighted by Crippen LogP contribution is 2.20. The highest BCUT2D eigenvalue weighted by Gasteiger charge is 2.18. The van der Waals surface area contributed by atoms with E-state index in [1.807, 2.05) is 34.5 Å². The molecule has 0 saturated heterocycles. The van der Waals surface area contributed by atoms with Gasteiger partial charge in [-0.15, -0.1) is 11.3 Å². The van der Waals surface area contributed by atoms with Crippen molar-refractivity contribution >= 4 is 44.4 Å². The van der Waals surface area contributed by atoms with Gasteiger partial charge in [0.25, 0.3) is 0 Å². The molecule has 0 aliphatic rings. The topological polar surface area (TPSA) is 65.8 Å². The van der Waals surface area contributed by atoms with Crippen LogP contribution in [0.4, 0.5) is 5.69 Å². The van der Waals surface area contributed by atoms with Crippen LogP contribution < -0.4 is 5.32 Å². The fourth-order valence-electron chi connectivity index (χ4n) is 2.53. The number of thiophene rings is 1. The molecule has 0 bridgehead atoms. The first kappa shape index (κ1) is 20.5. The minimum absolute atomic E-state index is 0.209. The predicted molar refractivity (Wildman–Crippen MR) is 116 cm³/mol. The third kappa shape index (κ3) is 4.99. The van der Waals surface area contributed by atoms with E-state index < -0.39 is 10.0 Å². The predicted octanol–water partition coefficient (Wildman–Crippen LogP) is 3.99. The molecule has 0 fully saturated rings. The molecule has 148 valence electrons. The Hall–Kier alpha value is -2.20. The molecule has 1 aromatic carbocycles. The first-order chi connectivity index (χ1) is 13.4. The number of rotatable bonds is 7. The Morgan fingerprint density at radius 1 is 1.14 bits per heavy atom. The first-order valence-electron chi connectivity index (χ1n) is 8.49. The van der Waals surface area contributed by atoms with Crippen LogP contribution in [0.15, 0.2) is 69.5 Å². The van der Waals surface area contributed by atoms with Crippen LogP contribution in [0.5, 0.6) is 0 Å². The number of nitrogens with one attached hydrogen (secondary N) is 1. The lowest BCUT2D eigenvalue weighted by molar-refractivity contribution is 0.362. The summed E-state index contributed by atoms with van der Waals surface area (Å²) < 4.78 is 31.4. The lowest BCUT2D eigenvalue weighted by Gasteiger charge is -2.25. The molecule has 0 atom stereocenters. The number of sulfonamides is 1. The second-order valence-electron chi connectivity index (χ2n) is 6.26. The van der Waals surface area contributed by atoms with Crippen LogP contribution in [0.3, 0.4) is 0 Å². The van der Waals surface area contributed by atoms with Crippen molar-refractivity contribution in [2.45, 2.75) is 18.0 Å². The number of hydrogen-bond acceptors (Lipinski definition) is 5. The zero-order valence-corrected chi connectivity index (χ0v) is 18.0. The molecular formula is C19H21N3O3S3. The van der Waals surface area contributed by atoms with E-state index in [-0.39, 0.29) is 4.90 Å². The number of hydrogen-bond donors (Lipinski definition) is 1. The Morgan fingerprint density at radius 3 is 2.61 bits per heavy atom. The van der Waals surface area contributed by atoms with Crippen molar-refractivity contribution in [3.63, 3.8) is 0 Å². The number of thiocarbonyl (C=S) groups is 1. The highest BCUT2D eigenvalue weighted by atomic mass is 32.2. The quantitative estimate of drug-likeness (QED) is 0.566. The average molecular weight is 436 g/mol. The van der Waals surface area contributed by atoms with Crippen molar-refractivity contribution < 1.29 is 12.8 Å². The van der Waals surface area contributed by atoms with Gasteiger partial charge in [-0.2, -0.15) is 0 Å². The Labute approximate surface area is 174 Å². The zero-order chi connectivity index (χ0) is 20.1. The molecule has 0 aliphatic carbocycles. The Kier molecular flexibility index (Phi) is 6.50. The van der Waals surface area contributed by atoms with Crippen LogP contribution in [0, 0.1) is 0 Å². The Bertz CT molecular complexity index is 978. The lowest BCUT2D eigenvalue weighted by Crippen LogP contribution is -2.33. The highest BCUT2D eigenvalue weighted by molar-refractivity contribution is 7.89. The van der Waals surface area contributed by atoms with Gasteiger partial charge in [0, 0.05) is 24.7 Å². The van der Waals surface area contributed by atoms with Gasteiger partial charge in [0.1, 0.15) is 5.76 Å². The molecule has 3 rings (SSSR count). The first-order valence-corrected chi connectivity index (χ1v) is 11.2. The summed E-state index contributed by atoms with van der Waals surface area (Å²) in [6.07, 6.45) is 1.63. The lowest BCUT2D eigenvalue weighted by atomic mass is 10.3. The van der Waals surface area contributed by atoms with E-state index in [0.717, 1.165) is 5.76 Å². The maximum Gasteiger partial charge on any atom is 0.242 e. The van der Waals surface area contributed by atoms with E-state index in [2.05, 4.69) is 5.32 Å². The number of anilines is 1. The van der Waals surface area contributed by atoms with E-state index in [1.54, 1.807) is 41.9 Å². The summed E-state index contributed by atoms with van der Waals surface area (Å²) in [7, 11) is -0.502. The van der Waals surface area contributed by atoms with Crippen LogP contribution in [-0.4, -0.2) is 36.8 Å². The monoisotopic (exact) mass is 435 g/mol. The minimum Gasteiger partial charge on any atom is -0.467 e. The van der Waals surface area contributed by atoms with Gasteiger partial charge in [-0.05, 0) is 54.0 Å². The Morgan fingerprint density at radius 2 is 1.96 bits per heavy atom. The molecule has 0 unspecified atom stereocenters. The number of benzene rings is 1. The van der Waals surface area contributed by atoms with Gasteiger partial charge >= 0.3 is 0 Å². The maximum atomic E-state index is 12.4. The van der Waals surface area contributed by atoms with Gasteiger partial charge in [0.2, 0.25) is 10.0 Å². The minimum atomic E-state index is -3.51. The fraction of sp³-hybridized carbons (Fsp3) is 0.211. The number of nitrogens with zero attached hydrogens (tertiary/aromatic N) is 2. The van der Waals surface area contributed by atoms with Crippen molar-refractivity contribution in [3.05, 3.63) is 70.8 Å². The van der Waals surface area contributed by atoms with Crippen molar-refractivity contribution in [1.82, 2.24) is 9.21 Å². The second kappa shape index (κ2) is 8.87. The maximum absolute atomic E-state index is 12.4. The molecule has 0 radical (unpaired) electrons. The molecule has 9 heteroatoms. The van der Waals surface area contributed by atoms with Crippen LogP contribution >= 0.6 is 23.6 Å². The van der Waals surface area contributed by atoms with Gasteiger partial charge in [-0.1, -0.05) is 12.1 Å². The molecule has 2 heterocycles. The molecule has 0 aliphatic heterocycles. The van der Waals surface area contributed by atoms with Crippen molar-refractivity contribution in [2.75, 3.05) is 19.4 Å². The van der Waals surface area contributed by atoms with Crippen LogP contribution in [0.2, 0.25) is 0 Å². The van der Waals surface area contributed by atoms with E-state index >= 15 is 0 Å². The van der Waals surface area contributed by atoms with Gasteiger partial charge in [-0.3, -0.25) is 0 Å². The molecule has 28 heavy (non-hydrogen) atoms. The molecule has 1 N–H and O–H groups in total. The summed E-state index contributed by atoms with van der Waals surface area (Å²) in [5.74, 6) is 0.796. The summed E-state index contributed by atoms with van der Waals surface area (Å²) in [6, 6.07) is 14.4. The van der Waals surface area contributed by atoms with E-state index in [0.29, 0.717) is 23.9 Å². The van der Waals surface area contributed by atoms with E-state index in [9.17, 15) is 8.42 Å². The molecule has 0 saturated carbocycles. The van der Waals surface area contributed by atoms with Gasteiger partial charge < -0.3 is 14.6 Å². The van der Waals surface area contributed by atoms with Gasteiger partial charge in [0.15, 0.2) is 5.11 Å². The van der Waals surface area contributed by atoms with Crippen LogP contribution in [0.1, 0.15) is 10.6 Å².